The van der Waals surface area contributed by atoms with E-state index < -0.39 is 8.32 Å². The Hall–Kier alpha value is -1.85. The smallest absolute Gasteiger partial charge is 0.340 e. The zero-order valence-corrected chi connectivity index (χ0v) is 16.2. The predicted molar refractivity (Wildman–Crippen MR) is 98.3 cm³/mol. The van der Waals surface area contributed by atoms with Crippen molar-refractivity contribution in [3.63, 3.8) is 0 Å². The lowest BCUT2D eigenvalue weighted by Gasteiger charge is -2.36. The van der Waals surface area contributed by atoms with Gasteiger partial charge < -0.3 is 14.1 Å². The number of aromatic amines is 1. The minimum atomic E-state index is -1.86. The average molecular weight is 346 g/mol. The number of carbonyl (C=O) groups excluding carboxylic acids is 1. The van der Waals surface area contributed by atoms with Crippen molar-refractivity contribution in [1.29, 1.82) is 0 Å². The zero-order chi connectivity index (χ0) is 17.8. The Kier molecular flexibility index (Phi) is 5.67. The second kappa shape index (κ2) is 7.36. The highest BCUT2D eigenvalue weighted by atomic mass is 28.4. The van der Waals surface area contributed by atoms with E-state index >= 15 is 0 Å². The second-order valence-corrected chi connectivity index (χ2v) is 12.3. The van der Waals surface area contributed by atoms with Gasteiger partial charge in [0.1, 0.15) is 6.61 Å². The molecule has 1 aromatic heterocycles. The number of H-pyrrole nitrogens is 1. The summed E-state index contributed by atoms with van der Waals surface area (Å²) in [5.74, 6) is -0.325. The van der Waals surface area contributed by atoms with Crippen molar-refractivity contribution in [2.45, 2.75) is 52.1 Å². The largest absolute Gasteiger partial charge is 0.457 e. The van der Waals surface area contributed by atoms with Crippen molar-refractivity contribution in [3.05, 3.63) is 59.4 Å². The molecule has 0 aliphatic rings. The fraction of sp³-hybridized carbons (Fsp3) is 0.421. The maximum absolute atomic E-state index is 12.3. The van der Waals surface area contributed by atoms with Crippen molar-refractivity contribution in [1.82, 2.24) is 4.98 Å². The number of hydrogen-bond donors (Lipinski definition) is 1. The lowest BCUT2D eigenvalue weighted by atomic mass is 10.2. The molecule has 1 N–H and O–H groups in total. The summed E-state index contributed by atoms with van der Waals surface area (Å²) in [6.45, 7) is 11.7. The maximum atomic E-state index is 12.3. The van der Waals surface area contributed by atoms with Crippen LogP contribution >= 0.6 is 0 Å². The molecule has 24 heavy (non-hydrogen) atoms. The van der Waals surface area contributed by atoms with Gasteiger partial charge in [-0.15, -0.1) is 0 Å². The fourth-order valence-corrected chi connectivity index (χ4v) is 2.93. The van der Waals surface area contributed by atoms with Gasteiger partial charge in [0.15, 0.2) is 8.32 Å². The Morgan fingerprint density at radius 3 is 2.38 bits per heavy atom. The Morgan fingerprint density at radius 2 is 1.75 bits per heavy atom. The van der Waals surface area contributed by atoms with E-state index in [0.717, 1.165) is 11.1 Å². The molecule has 0 bridgehead atoms. The second-order valence-electron chi connectivity index (χ2n) is 7.50. The van der Waals surface area contributed by atoms with Gasteiger partial charge >= 0.3 is 5.97 Å². The number of hydrogen-bond acceptors (Lipinski definition) is 3. The SMILES string of the molecule is CC(C)(C)[Si](C)(C)OCc1c[nH]cc1C(=O)OCc1ccccc1. The van der Waals surface area contributed by atoms with Crippen molar-refractivity contribution in [2.75, 3.05) is 0 Å². The molecule has 1 aromatic carbocycles. The summed E-state index contributed by atoms with van der Waals surface area (Å²) in [6.07, 6.45) is 3.49. The highest BCUT2D eigenvalue weighted by molar-refractivity contribution is 6.74. The van der Waals surface area contributed by atoms with Crippen molar-refractivity contribution in [2.24, 2.45) is 0 Å². The molecule has 0 aliphatic carbocycles. The Labute approximate surface area is 145 Å². The molecule has 5 heteroatoms. The molecular formula is C19H27NO3Si. The van der Waals surface area contributed by atoms with Gasteiger partial charge in [0, 0.05) is 18.0 Å². The first-order valence-electron chi connectivity index (χ1n) is 8.21. The normalized spacial score (nSPS) is 12.2. The summed E-state index contributed by atoms with van der Waals surface area (Å²) >= 11 is 0. The van der Waals surface area contributed by atoms with E-state index in [4.69, 9.17) is 9.16 Å². The molecule has 130 valence electrons. The molecular weight excluding hydrogens is 318 g/mol. The van der Waals surface area contributed by atoms with Crippen molar-refractivity contribution < 1.29 is 14.0 Å². The number of ether oxygens (including phenoxy) is 1. The lowest BCUT2D eigenvalue weighted by molar-refractivity contribution is 0.0470. The van der Waals surface area contributed by atoms with Gasteiger partial charge in [0.2, 0.25) is 0 Å². The number of benzene rings is 1. The number of carbonyl (C=O) groups is 1. The van der Waals surface area contributed by atoms with Gasteiger partial charge in [0.05, 0.1) is 12.2 Å². The third kappa shape index (κ3) is 4.58. The topological polar surface area (TPSA) is 51.3 Å². The molecule has 4 nitrogen and oxygen atoms in total. The first kappa shape index (κ1) is 18.5. The minimum absolute atomic E-state index is 0.136. The Morgan fingerprint density at radius 1 is 1.08 bits per heavy atom. The summed E-state index contributed by atoms with van der Waals surface area (Å²) in [6, 6.07) is 9.67. The molecule has 0 amide bonds. The Bertz CT molecular complexity index is 671. The molecule has 0 unspecified atom stereocenters. The molecule has 2 aromatic rings. The van der Waals surface area contributed by atoms with Crippen LogP contribution in [-0.4, -0.2) is 19.3 Å². The van der Waals surface area contributed by atoms with Gasteiger partial charge in [-0.25, -0.2) is 4.79 Å². The molecule has 0 spiro atoms. The van der Waals surface area contributed by atoms with Crippen LogP contribution in [0.25, 0.3) is 0 Å². The van der Waals surface area contributed by atoms with Crippen LogP contribution in [0.4, 0.5) is 0 Å². The van der Waals surface area contributed by atoms with Crippen LogP contribution in [0.1, 0.15) is 42.3 Å². The number of rotatable bonds is 6. The molecule has 0 saturated carbocycles. The first-order valence-corrected chi connectivity index (χ1v) is 11.1. The molecule has 0 aliphatic heterocycles. The van der Waals surface area contributed by atoms with E-state index in [1.54, 1.807) is 6.20 Å². The fourth-order valence-electron chi connectivity index (χ4n) is 1.98. The van der Waals surface area contributed by atoms with Crippen LogP contribution in [-0.2, 0) is 22.4 Å². The van der Waals surface area contributed by atoms with Gasteiger partial charge in [-0.1, -0.05) is 51.1 Å². The quantitative estimate of drug-likeness (QED) is 0.599. The van der Waals surface area contributed by atoms with E-state index in [-0.39, 0.29) is 17.6 Å². The average Bonchev–Trinajstić information content (AvgIpc) is 2.99. The Balaban J connectivity index is 1.98. The summed E-state index contributed by atoms with van der Waals surface area (Å²) in [4.78, 5) is 15.3. The van der Waals surface area contributed by atoms with Crippen LogP contribution in [0.3, 0.4) is 0 Å². The monoisotopic (exact) mass is 345 g/mol. The van der Waals surface area contributed by atoms with Crippen molar-refractivity contribution >= 4 is 14.3 Å². The van der Waals surface area contributed by atoms with Crippen LogP contribution < -0.4 is 0 Å². The standard InChI is InChI=1S/C19H27NO3Si/c1-19(2,3)24(4,5)23-14-16-11-20-12-17(16)18(21)22-13-15-9-7-6-8-10-15/h6-12,20H,13-14H2,1-5H3. The van der Waals surface area contributed by atoms with Gasteiger partial charge in [-0.3, -0.25) is 0 Å². The highest BCUT2D eigenvalue weighted by Crippen LogP contribution is 2.37. The zero-order valence-electron chi connectivity index (χ0n) is 15.2. The number of esters is 1. The van der Waals surface area contributed by atoms with E-state index in [9.17, 15) is 4.79 Å². The van der Waals surface area contributed by atoms with Crippen LogP contribution in [0.15, 0.2) is 42.7 Å². The molecule has 0 fully saturated rings. The van der Waals surface area contributed by atoms with Gasteiger partial charge in [-0.2, -0.15) is 0 Å². The summed E-state index contributed by atoms with van der Waals surface area (Å²) in [5, 5.41) is 0.136. The predicted octanol–water partition coefficient (Wildman–Crippen LogP) is 4.89. The summed E-state index contributed by atoms with van der Waals surface area (Å²) in [7, 11) is -1.86. The van der Waals surface area contributed by atoms with Crippen LogP contribution in [0, 0.1) is 0 Å². The van der Waals surface area contributed by atoms with E-state index in [0.29, 0.717) is 12.2 Å². The van der Waals surface area contributed by atoms with E-state index in [1.165, 1.54) is 0 Å². The lowest BCUT2D eigenvalue weighted by Crippen LogP contribution is -2.40. The molecule has 1 heterocycles. The molecule has 2 rings (SSSR count). The van der Waals surface area contributed by atoms with Crippen LogP contribution in [0.2, 0.25) is 18.1 Å². The number of aromatic nitrogens is 1. The summed E-state index contributed by atoms with van der Waals surface area (Å²) in [5.41, 5.74) is 2.36. The third-order valence-corrected chi connectivity index (χ3v) is 9.14. The molecule has 0 saturated heterocycles. The van der Waals surface area contributed by atoms with E-state index in [2.05, 4.69) is 38.8 Å². The molecule has 0 atom stereocenters. The first-order chi connectivity index (χ1) is 11.2. The number of nitrogens with one attached hydrogen (secondary N) is 1. The third-order valence-electron chi connectivity index (χ3n) is 4.66. The summed E-state index contributed by atoms with van der Waals surface area (Å²) < 4.78 is 11.6. The van der Waals surface area contributed by atoms with E-state index in [1.807, 2.05) is 36.5 Å². The molecule has 0 radical (unpaired) electrons. The highest BCUT2D eigenvalue weighted by Gasteiger charge is 2.37. The van der Waals surface area contributed by atoms with Crippen molar-refractivity contribution in [3.8, 4) is 0 Å². The van der Waals surface area contributed by atoms with Crippen LogP contribution in [0.5, 0.6) is 0 Å². The van der Waals surface area contributed by atoms with Gasteiger partial charge in [0.25, 0.3) is 0 Å². The maximum Gasteiger partial charge on any atom is 0.340 e. The minimum Gasteiger partial charge on any atom is -0.457 e. The van der Waals surface area contributed by atoms with Gasteiger partial charge in [-0.05, 0) is 23.7 Å².